The van der Waals surface area contributed by atoms with E-state index >= 15 is 0 Å². The van der Waals surface area contributed by atoms with E-state index in [1.807, 2.05) is 6.92 Å². The number of thiophene rings is 1. The number of rotatable bonds is 7. The molecule has 23 heavy (non-hydrogen) atoms. The first-order valence-corrected chi connectivity index (χ1v) is 9.27. The van der Waals surface area contributed by atoms with Gasteiger partial charge in [0.2, 0.25) is 0 Å². The minimum absolute atomic E-state index is 0.00654. The highest BCUT2D eigenvalue weighted by Crippen LogP contribution is 2.25. The third-order valence-corrected chi connectivity index (χ3v) is 6.43. The molecule has 8 heteroatoms. The SMILES string of the molecule is CCc1ccc(S(=O)(=O)NC(C)c2cccc(OC(F)F)c2)s1. The zero-order valence-electron chi connectivity index (χ0n) is 12.6. The Labute approximate surface area is 138 Å². The molecule has 0 aliphatic carbocycles. The maximum absolute atomic E-state index is 12.4. The number of aryl methyl sites for hydroxylation is 1. The topological polar surface area (TPSA) is 55.4 Å². The molecule has 0 aliphatic heterocycles. The van der Waals surface area contributed by atoms with Crippen molar-refractivity contribution < 1.29 is 21.9 Å². The van der Waals surface area contributed by atoms with E-state index in [9.17, 15) is 17.2 Å². The second kappa shape index (κ2) is 7.37. The average Bonchev–Trinajstić information content (AvgIpc) is 2.96. The average molecular weight is 361 g/mol. The highest BCUT2D eigenvalue weighted by molar-refractivity contribution is 7.91. The van der Waals surface area contributed by atoms with E-state index in [1.165, 1.54) is 29.5 Å². The predicted molar refractivity (Wildman–Crippen MR) is 85.5 cm³/mol. The van der Waals surface area contributed by atoms with Gasteiger partial charge in [-0.2, -0.15) is 8.78 Å². The Kier molecular flexibility index (Phi) is 5.72. The third kappa shape index (κ3) is 4.73. The summed E-state index contributed by atoms with van der Waals surface area (Å²) in [5.74, 6) is -0.00654. The lowest BCUT2D eigenvalue weighted by Crippen LogP contribution is -2.26. The van der Waals surface area contributed by atoms with Gasteiger partial charge in [0, 0.05) is 10.9 Å². The van der Waals surface area contributed by atoms with Crippen LogP contribution in [0.15, 0.2) is 40.6 Å². The van der Waals surface area contributed by atoms with E-state index in [-0.39, 0.29) is 9.96 Å². The zero-order chi connectivity index (χ0) is 17.0. The Hall–Kier alpha value is -1.51. The molecule has 2 aromatic rings. The monoisotopic (exact) mass is 361 g/mol. The molecule has 4 nitrogen and oxygen atoms in total. The molecule has 1 atom stereocenters. The first kappa shape index (κ1) is 17.8. The molecule has 0 amide bonds. The molecule has 0 fully saturated rings. The third-order valence-electron chi connectivity index (χ3n) is 3.17. The molecule has 0 spiro atoms. The minimum Gasteiger partial charge on any atom is -0.435 e. The molecule has 0 saturated heterocycles. The Morgan fingerprint density at radius 3 is 2.61 bits per heavy atom. The van der Waals surface area contributed by atoms with Gasteiger partial charge >= 0.3 is 6.61 Å². The predicted octanol–water partition coefficient (Wildman–Crippen LogP) is 3.95. The van der Waals surface area contributed by atoms with Crippen LogP contribution in [-0.2, 0) is 16.4 Å². The van der Waals surface area contributed by atoms with Crippen LogP contribution in [0.3, 0.4) is 0 Å². The van der Waals surface area contributed by atoms with Crippen LogP contribution >= 0.6 is 11.3 Å². The fourth-order valence-electron chi connectivity index (χ4n) is 2.01. The Balaban J connectivity index is 2.16. The van der Waals surface area contributed by atoms with Crippen LogP contribution in [0.5, 0.6) is 5.75 Å². The smallest absolute Gasteiger partial charge is 0.387 e. The second-order valence-corrected chi connectivity index (χ2v) is 7.98. The largest absolute Gasteiger partial charge is 0.435 e. The van der Waals surface area contributed by atoms with E-state index in [0.717, 1.165) is 11.3 Å². The summed E-state index contributed by atoms with van der Waals surface area (Å²) in [4.78, 5) is 0.977. The molecule has 2 rings (SSSR count). The molecular weight excluding hydrogens is 344 g/mol. The van der Waals surface area contributed by atoms with E-state index < -0.39 is 22.7 Å². The van der Waals surface area contributed by atoms with Crippen molar-refractivity contribution in [3.05, 3.63) is 46.8 Å². The summed E-state index contributed by atoms with van der Waals surface area (Å²) in [6, 6.07) is 8.74. The Bertz CT molecular complexity index is 760. The number of benzene rings is 1. The van der Waals surface area contributed by atoms with Crippen molar-refractivity contribution in [2.24, 2.45) is 0 Å². The highest BCUT2D eigenvalue weighted by atomic mass is 32.2. The standard InChI is InChI=1S/C15H17F2NO3S2/c1-3-13-7-8-14(22-13)23(19,20)18-10(2)11-5-4-6-12(9-11)21-15(16)17/h4-10,15,18H,3H2,1-2H3. The fraction of sp³-hybridized carbons (Fsp3) is 0.333. The molecule has 0 bridgehead atoms. The summed E-state index contributed by atoms with van der Waals surface area (Å²) in [7, 11) is -3.65. The number of hydrogen-bond donors (Lipinski definition) is 1. The molecule has 1 N–H and O–H groups in total. The van der Waals surface area contributed by atoms with Crippen LogP contribution < -0.4 is 9.46 Å². The number of halogens is 2. The van der Waals surface area contributed by atoms with Crippen molar-refractivity contribution >= 4 is 21.4 Å². The molecule has 1 heterocycles. The van der Waals surface area contributed by atoms with Gasteiger partial charge in [0.05, 0.1) is 0 Å². The zero-order valence-corrected chi connectivity index (χ0v) is 14.3. The summed E-state index contributed by atoms with van der Waals surface area (Å²) < 4.78 is 56.3. The molecule has 1 aromatic carbocycles. The van der Waals surface area contributed by atoms with Crippen LogP contribution in [0.25, 0.3) is 0 Å². The number of hydrogen-bond acceptors (Lipinski definition) is 4. The van der Waals surface area contributed by atoms with Gasteiger partial charge in [-0.05, 0) is 43.2 Å². The molecule has 0 saturated carbocycles. The molecule has 126 valence electrons. The van der Waals surface area contributed by atoms with Gasteiger partial charge in [-0.15, -0.1) is 11.3 Å². The number of nitrogens with one attached hydrogen (secondary N) is 1. The van der Waals surface area contributed by atoms with Crippen LogP contribution in [0.4, 0.5) is 8.78 Å². The van der Waals surface area contributed by atoms with Crippen LogP contribution in [0.2, 0.25) is 0 Å². The maximum atomic E-state index is 12.4. The van der Waals surface area contributed by atoms with Crippen molar-refractivity contribution in [2.45, 2.75) is 37.1 Å². The summed E-state index contributed by atoms with van der Waals surface area (Å²) in [6.45, 7) is 0.677. The van der Waals surface area contributed by atoms with Gasteiger partial charge in [-0.1, -0.05) is 19.1 Å². The van der Waals surface area contributed by atoms with Gasteiger partial charge in [0.25, 0.3) is 10.0 Å². The summed E-state index contributed by atoms with van der Waals surface area (Å²) >= 11 is 1.21. The van der Waals surface area contributed by atoms with Crippen molar-refractivity contribution in [2.75, 3.05) is 0 Å². The summed E-state index contributed by atoms with van der Waals surface area (Å²) in [6.07, 6.45) is 0.767. The van der Waals surface area contributed by atoms with Crippen molar-refractivity contribution in [1.29, 1.82) is 0 Å². The van der Waals surface area contributed by atoms with Crippen molar-refractivity contribution in [3.8, 4) is 5.75 Å². The van der Waals surface area contributed by atoms with Crippen LogP contribution in [-0.4, -0.2) is 15.0 Å². The normalized spacial score (nSPS) is 13.3. The molecular formula is C15H17F2NO3S2. The molecule has 1 aromatic heterocycles. The van der Waals surface area contributed by atoms with E-state index in [0.29, 0.717) is 5.56 Å². The lowest BCUT2D eigenvalue weighted by Gasteiger charge is -2.15. The lowest BCUT2D eigenvalue weighted by molar-refractivity contribution is -0.0499. The van der Waals surface area contributed by atoms with Gasteiger partial charge < -0.3 is 4.74 Å². The molecule has 0 aliphatic rings. The fourth-order valence-corrected chi connectivity index (χ4v) is 4.56. The van der Waals surface area contributed by atoms with Gasteiger partial charge in [-0.3, -0.25) is 0 Å². The first-order valence-electron chi connectivity index (χ1n) is 6.97. The maximum Gasteiger partial charge on any atom is 0.387 e. The van der Waals surface area contributed by atoms with E-state index in [1.54, 1.807) is 25.1 Å². The highest BCUT2D eigenvalue weighted by Gasteiger charge is 2.20. The second-order valence-electron chi connectivity index (χ2n) is 4.87. The Morgan fingerprint density at radius 1 is 1.26 bits per heavy atom. The number of ether oxygens (including phenoxy) is 1. The lowest BCUT2D eigenvalue weighted by atomic mass is 10.1. The number of alkyl halides is 2. The van der Waals surface area contributed by atoms with Crippen molar-refractivity contribution in [1.82, 2.24) is 4.72 Å². The first-order chi connectivity index (χ1) is 10.8. The summed E-state index contributed by atoms with van der Waals surface area (Å²) in [5, 5.41) is 0. The number of sulfonamides is 1. The van der Waals surface area contributed by atoms with Gasteiger partial charge in [0.1, 0.15) is 9.96 Å². The minimum atomic E-state index is -3.65. The van der Waals surface area contributed by atoms with Crippen molar-refractivity contribution in [3.63, 3.8) is 0 Å². The quantitative estimate of drug-likeness (QED) is 0.812. The van der Waals surface area contributed by atoms with Crippen LogP contribution in [0, 0.1) is 0 Å². The molecule has 0 radical (unpaired) electrons. The van der Waals surface area contributed by atoms with Gasteiger partial charge in [-0.25, -0.2) is 13.1 Å². The van der Waals surface area contributed by atoms with E-state index in [4.69, 9.17) is 0 Å². The molecule has 1 unspecified atom stereocenters. The van der Waals surface area contributed by atoms with E-state index in [2.05, 4.69) is 9.46 Å². The van der Waals surface area contributed by atoms with Gasteiger partial charge in [0.15, 0.2) is 0 Å². The van der Waals surface area contributed by atoms with Crippen LogP contribution in [0.1, 0.15) is 30.3 Å². The summed E-state index contributed by atoms with van der Waals surface area (Å²) in [5.41, 5.74) is 0.541. The Morgan fingerprint density at radius 2 is 2.00 bits per heavy atom.